The van der Waals surface area contributed by atoms with Crippen molar-refractivity contribution in [2.45, 2.75) is 12.5 Å². The Morgan fingerprint density at radius 3 is 2.62 bits per heavy atom. The van der Waals surface area contributed by atoms with Crippen LogP contribution in [0.4, 0.5) is 5.69 Å². The first-order valence-electron chi connectivity index (χ1n) is 4.91. The monoisotopic (exact) mass is 219 g/mol. The van der Waals surface area contributed by atoms with Gasteiger partial charge in [0.05, 0.1) is 13.2 Å². The number of benzene rings is 1. The molecule has 1 aromatic heterocycles. The van der Waals surface area contributed by atoms with Crippen LogP contribution < -0.4 is 5.73 Å². The Balaban J connectivity index is 2.08. The van der Waals surface area contributed by atoms with Gasteiger partial charge in [-0.05, 0) is 22.9 Å². The van der Waals surface area contributed by atoms with Crippen molar-refractivity contribution in [3.8, 4) is 0 Å². The lowest BCUT2D eigenvalue weighted by molar-refractivity contribution is 0.175. The van der Waals surface area contributed by atoms with Crippen LogP contribution in [-0.4, -0.2) is 25.3 Å². The summed E-state index contributed by atoms with van der Waals surface area (Å²) in [6.07, 6.45) is -0.289. The number of rotatable bonds is 3. The molecule has 1 unspecified atom stereocenters. The third kappa shape index (κ3) is 2.34. The smallest absolute Gasteiger partial charge is 0.177 e. The average Bonchev–Trinajstić information content (AvgIpc) is 2.65. The van der Waals surface area contributed by atoms with Gasteiger partial charge in [0.1, 0.15) is 0 Å². The Morgan fingerprint density at radius 1 is 1.38 bits per heavy atom. The third-order valence-electron chi connectivity index (χ3n) is 2.25. The second-order valence-electron chi connectivity index (χ2n) is 3.58. The van der Waals surface area contributed by atoms with E-state index in [-0.39, 0.29) is 0 Å². The summed E-state index contributed by atoms with van der Waals surface area (Å²) in [5, 5.41) is 21.4. The number of nitrogens with two attached hydrogens (primary N) is 1. The normalized spacial score (nSPS) is 12.6. The molecule has 0 aliphatic rings. The number of aliphatic hydroxyl groups excluding tert-OH is 1. The summed E-state index contributed by atoms with van der Waals surface area (Å²) in [5.74, 6) is 0.520. The van der Waals surface area contributed by atoms with Crippen molar-refractivity contribution < 1.29 is 5.11 Å². The first-order valence-corrected chi connectivity index (χ1v) is 4.91. The SMILES string of the molecule is Cn1nnc(CC(O)c2ccc(N)cc2)n1. The van der Waals surface area contributed by atoms with Crippen molar-refractivity contribution in [2.75, 3.05) is 5.73 Å². The number of hydrogen-bond acceptors (Lipinski definition) is 5. The van der Waals surface area contributed by atoms with Crippen LogP contribution in [0, 0.1) is 0 Å². The van der Waals surface area contributed by atoms with Crippen molar-refractivity contribution in [2.24, 2.45) is 7.05 Å². The Morgan fingerprint density at radius 2 is 2.06 bits per heavy atom. The number of aliphatic hydroxyl groups is 1. The van der Waals surface area contributed by atoms with Gasteiger partial charge < -0.3 is 10.8 Å². The van der Waals surface area contributed by atoms with Crippen LogP contribution >= 0.6 is 0 Å². The zero-order valence-electron chi connectivity index (χ0n) is 8.91. The van der Waals surface area contributed by atoms with Crippen LogP contribution in [0.15, 0.2) is 24.3 Å². The van der Waals surface area contributed by atoms with E-state index in [1.807, 2.05) is 0 Å². The van der Waals surface area contributed by atoms with Gasteiger partial charge >= 0.3 is 0 Å². The molecule has 3 N–H and O–H groups in total. The lowest BCUT2D eigenvalue weighted by atomic mass is 10.1. The van der Waals surface area contributed by atoms with Gasteiger partial charge in [0.2, 0.25) is 0 Å². The van der Waals surface area contributed by atoms with Crippen LogP contribution in [0.25, 0.3) is 0 Å². The molecule has 0 fully saturated rings. The summed E-state index contributed by atoms with van der Waals surface area (Å²) in [6.45, 7) is 0. The molecule has 16 heavy (non-hydrogen) atoms. The number of aryl methyl sites for hydroxylation is 1. The van der Waals surface area contributed by atoms with Crippen LogP contribution in [-0.2, 0) is 13.5 Å². The summed E-state index contributed by atoms with van der Waals surface area (Å²) in [5.41, 5.74) is 7.03. The van der Waals surface area contributed by atoms with E-state index in [0.717, 1.165) is 5.56 Å². The van der Waals surface area contributed by atoms with Crippen LogP contribution in [0.1, 0.15) is 17.5 Å². The zero-order chi connectivity index (χ0) is 11.5. The standard InChI is InChI=1S/C10H13N5O/c1-15-13-10(12-14-15)6-9(16)7-2-4-8(11)5-3-7/h2-5,9,16H,6,11H2,1H3. The topological polar surface area (TPSA) is 89.8 Å². The molecular weight excluding hydrogens is 206 g/mol. The predicted molar refractivity (Wildman–Crippen MR) is 58.3 cm³/mol. The highest BCUT2D eigenvalue weighted by atomic mass is 16.3. The number of aromatic nitrogens is 4. The molecule has 6 nitrogen and oxygen atoms in total. The molecule has 1 heterocycles. The average molecular weight is 219 g/mol. The molecule has 2 rings (SSSR count). The van der Waals surface area contributed by atoms with Gasteiger partial charge in [0, 0.05) is 12.1 Å². The van der Waals surface area contributed by atoms with Gasteiger partial charge in [-0.15, -0.1) is 10.2 Å². The van der Waals surface area contributed by atoms with Gasteiger partial charge in [-0.2, -0.15) is 4.80 Å². The molecule has 0 amide bonds. The third-order valence-corrected chi connectivity index (χ3v) is 2.25. The van der Waals surface area contributed by atoms with Gasteiger partial charge in [-0.25, -0.2) is 0 Å². The van der Waals surface area contributed by atoms with Gasteiger partial charge in [0.15, 0.2) is 5.82 Å². The van der Waals surface area contributed by atoms with Crippen molar-refractivity contribution in [1.82, 2.24) is 20.2 Å². The summed E-state index contributed by atoms with van der Waals surface area (Å²) < 4.78 is 0. The lowest BCUT2D eigenvalue weighted by Gasteiger charge is -2.08. The minimum Gasteiger partial charge on any atom is -0.399 e. The summed E-state index contributed by atoms with van der Waals surface area (Å²) >= 11 is 0. The fourth-order valence-corrected chi connectivity index (χ4v) is 1.41. The highest BCUT2D eigenvalue weighted by Crippen LogP contribution is 2.17. The van der Waals surface area contributed by atoms with E-state index in [9.17, 15) is 5.11 Å². The Bertz CT molecular complexity index is 464. The second-order valence-corrected chi connectivity index (χ2v) is 3.58. The van der Waals surface area contributed by atoms with Gasteiger partial charge in [-0.1, -0.05) is 12.1 Å². The molecule has 0 radical (unpaired) electrons. The first-order chi connectivity index (χ1) is 7.65. The lowest BCUT2D eigenvalue weighted by Crippen LogP contribution is -2.04. The highest BCUT2D eigenvalue weighted by molar-refractivity contribution is 5.39. The van der Waals surface area contributed by atoms with E-state index in [1.54, 1.807) is 31.3 Å². The minimum absolute atomic E-state index is 0.345. The summed E-state index contributed by atoms with van der Waals surface area (Å²) in [6, 6.07) is 7.08. The molecule has 1 atom stereocenters. The van der Waals surface area contributed by atoms with Gasteiger partial charge in [0.25, 0.3) is 0 Å². The molecule has 0 spiro atoms. The Kier molecular flexibility index (Phi) is 2.82. The zero-order valence-corrected chi connectivity index (χ0v) is 8.91. The van der Waals surface area contributed by atoms with Crippen molar-refractivity contribution in [1.29, 1.82) is 0 Å². The quantitative estimate of drug-likeness (QED) is 0.713. The first kappa shape index (κ1) is 10.6. The molecule has 0 saturated heterocycles. The fraction of sp³-hybridized carbons (Fsp3) is 0.300. The van der Waals surface area contributed by atoms with E-state index in [0.29, 0.717) is 17.9 Å². The number of hydrogen-bond donors (Lipinski definition) is 2. The maximum atomic E-state index is 9.92. The van der Waals surface area contributed by atoms with E-state index in [2.05, 4.69) is 15.4 Å². The molecule has 0 saturated carbocycles. The summed E-state index contributed by atoms with van der Waals surface area (Å²) in [7, 11) is 1.69. The number of nitrogen functional groups attached to an aromatic ring is 1. The van der Waals surface area contributed by atoms with E-state index < -0.39 is 6.10 Å². The summed E-state index contributed by atoms with van der Waals surface area (Å²) in [4.78, 5) is 1.37. The van der Waals surface area contributed by atoms with E-state index >= 15 is 0 Å². The molecule has 2 aromatic rings. The predicted octanol–water partition coefficient (Wildman–Crippen LogP) is 0.0684. The van der Waals surface area contributed by atoms with Crippen LogP contribution in [0.2, 0.25) is 0 Å². The minimum atomic E-state index is -0.634. The molecule has 0 aliphatic carbocycles. The van der Waals surface area contributed by atoms with Gasteiger partial charge in [-0.3, -0.25) is 0 Å². The molecule has 0 bridgehead atoms. The molecule has 1 aromatic carbocycles. The largest absolute Gasteiger partial charge is 0.399 e. The van der Waals surface area contributed by atoms with Crippen LogP contribution in [0.5, 0.6) is 0 Å². The number of nitrogens with zero attached hydrogens (tertiary/aromatic N) is 4. The number of anilines is 1. The second kappa shape index (κ2) is 4.28. The molecule has 0 aliphatic heterocycles. The Labute approximate surface area is 92.7 Å². The maximum Gasteiger partial charge on any atom is 0.177 e. The fourth-order valence-electron chi connectivity index (χ4n) is 1.41. The highest BCUT2D eigenvalue weighted by Gasteiger charge is 2.11. The Hall–Kier alpha value is -1.95. The molecule has 84 valence electrons. The van der Waals surface area contributed by atoms with Crippen LogP contribution in [0.3, 0.4) is 0 Å². The maximum absolute atomic E-state index is 9.92. The van der Waals surface area contributed by atoms with Crippen molar-refractivity contribution in [3.05, 3.63) is 35.7 Å². The molecular formula is C10H13N5O. The van der Waals surface area contributed by atoms with E-state index in [4.69, 9.17) is 5.73 Å². The van der Waals surface area contributed by atoms with Crippen molar-refractivity contribution >= 4 is 5.69 Å². The molecule has 6 heteroatoms. The van der Waals surface area contributed by atoms with E-state index in [1.165, 1.54) is 4.80 Å². The van der Waals surface area contributed by atoms with Crippen molar-refractivity contribution in [3.63, 3.8) is 0 Å². The number of tetrazole rings is 1.